The minimum atomic E-state index is -0.534. The van der Waals surface area contributed by atoms with Gasteiger partial charge in [0.1, 0.15) is 5.56 Å². The summed E-state index contributed by atoms with van der Waals surface area (Å²) in [6, 6.07) is 16.4. The molecular weight excluding hydrogens is 292 g/mol. The first kappa shape index (κ1) is 14.8. The molecular formula is C18H16N2O3. The number of carbonyl (C=O) groups excluding carboxylic acids is 1. The Morgan fingerprint density at radius 1 is 1.04 bits per heavy atom. The van der Waals surface area contributed by atoms with Crippen LogP contribution in [0.4, 0.5) is 5.69 Å². The lowest BCUT2D eigenvalue weighted by molar-refractivity contribution is 0.100. The van der Waals surface area contributed by atoms with Crippen molar-refractivity contribution in [3.8, 4) is 11.1 Å². The summed E-state index contributed by atoms with van der Waals surface area (Å²) in [6.07, 6.45) is 0. The number of benzene rings is 2. The van der Waals surface area contributed by atoms with E-state index in [0.717, 1.165) is 5.56 Å². The molecule has 5 heteroatoms. The molecule has 1 heterocycles. The second-order valence-corrected chi connectivity index (χ2v) is 5.29. The van der Waals surface area contributed by atoms with E-state index < -0.39 is 5.63 Å². The quantitative estimate of drug-likeness (QED) is 0.808. The Hall–Kier alpha value is -3.08. The van der Waals surface area contributed by atoms with Gasteiger partial charge in [-0.2, -0.15) is 0 Å². The van der Waals surface area contributed by atoms with Crippen LogP contribution < -0.4 is 10.9 Å². The normalized spacial score (nSPS) is 10.5. The SMILES string of the molecule is Cc1ccc(NC(=O)c2c(-c3ccccc3)c(=O)on2C)cc1. The third-order valence-electron chi connectivity index (χ3n) is 3.56. The summed E-state index contributed by atoms with van der Waals surface area (Å²) in [5, 5.41) is 2.79. The zero-order valence-electron chi connectivity index (χ0n) is 12.9. The fourth-order valence-corrected chi connectivity index (χ4v) is 2.41. The van der Waals surface area contributed by atoms with Gasteiger partial charge >= 0.3 is 5.63 Å². The van der Waals surface area contributed by atoms with E-state index in [9.17, 15) is 9.59 Å². The molecule has 0 saturated carbocycles. The van der Waals surface area contributed by atoms with Crippen LogP contribution >= 0.6 is 0 Å². The van der Waals surface area contributed by atoms with E-state index in [1.54, 1.807) is 12.1 Å². The first-order valence-corrected chi connectivity index (χ1v) is 7.20. The molecule has 0 spiro atoms. The van der Waals surface area contributed by atoms with Crippen LogP contribution in [0.1, 0.15) is 16.1 Å². The maximum Gasteiger partial charge on any atom is 0.366 e. The van der Waals surface area contributed by atoms with Crippen molar-refractivity contribution in [3.63, 3.8) is 0 Å². The van der Waals surface area contributed by atoms with Crippen molar-refractivity contribution in [2.24, 2.45) is 7.05 Å². The van der Waals surface area contributed by atoms with E-state index in [-0.39, 0.29) is 17.2 Å². The van der Waals surface area contributed by atoms with Gasteiger partial charge in [-0.25, -0.2) is 9.53 Å². The van der Waals surface area contributed by atoms with Gasteiger partial charge in [0.25, 0.3) is 5.91 Å². The maximum absolute atomic E-state index is 12.6. The molecule has 0 aliphatic carbocycles. The lowest BCUT2D eigenvalue weighted by atomic mass is 10.1. The van der Waals surface area contributed by atoms with Crippen LogP contribution in [0.3, 0.4) is 0 Å². The average Bonchev–Trinajstić information content (AvgIpc) is 2.85. The summed E-state index contributed by atoms with van der Waals surface area (Å²) in [4.78, 5) is 24.7. The van der Waals surface area contributed by atoms with Crippen LogP contribution in [0, 0.1) is 6.92 Å². The molecule has 3 aromatic rings. The first-order valence-electron chi connectivity index (χ1n) is 7.20. The van der Waals surface area contributed by atoms with Crippen molar-refractivity contribution >= 4 is 11.6 Å². The molecule has 0 fully saturated rings. The lowest BCUT2D eigenvalue weighted by Crippen LogP contribution is -2.17. The van der Waals surface area contributed by atoms with Gasteiger partial charge in [-0.1, -0.05) is 48.0 Å². The van der Waals surface area contributed by atoms with Gasteiger partial charge in [-0.3, -0.25) is 4.79 Å². The molecule has 0 atom stereocenters. The van der Waals surface area contributed by atoms with Crippen LogP contribution in [-0.4, -0.2) is 10.6 Å². The van der Waals surface area contributed by atoms with Gasteiger partial charge in [0.2, 0.25) is 0 Å². The van der Waals surface area contributed by atoms with Crippen LogP contribution in [0.2, 0.25) is 0 Å². The van der Waals surface area contributed by atoms with E-state index in [2.05, 4.69) is 5.32 Å². The molecule has 0 radical (unpaired) electrons. The molecule has 116 valence electrons. The molecule has 1 amide bonds. The van der Waals surface area contributed by atoms with Gasteiger partial charge in [-0.05, 0) is 24.6 Å². The van der Waals surface area contributed by atoms with Crippen LogP contribution in [0.15, 0.2) is 63.9 Å². The Kier molecular flexibility index (Phi) is 3.85. The average molecular weight is 308 g/mol. The molecule has 1 aromatic heterocycles. The monoisotopic (exact) mass is 308 g/mol. The number of nitrogens with one attached hydrogen (secondary N) is 1. The van der Waals surface area contributed by atoms with Gasteiger partial charge in [0, 0.05) is 12.7 Å². The van der Waals surface area contributed by atoms with Crippen molar-refractivity contribution in [2.45, 2.75) is 6.92 Å². The van der Waals surface area contributed by atoms with Crippen molar-refractivity contribution in [3.05, 3.63) is 76.3 Å². The number of nitrogens with zero attached hydrogens (tertiary/aromatic N) is 1. The number of hydrogen-bond acceptors (Lipinski definition) is 3. The molecule has 0 aliphatic rings. The Labute approximate surface area is 133 Å². The summed E-state index contributed by atoms with van der Waals surface area (Å²) in [5.41, 5.74) is 2.33. The van der Waals surface area contributed by atoms with E-state index in [1.165, 1.54) is 11.8 Å². The number of anilines is 1. The third kappa shape index (κ3) is 2.94. The van der Waals surface area contributed by atoms with Crippen LogP contribution in [0.25, 0.3) is 11.1 Å². The first-order chi connectivity index (χ1) is 11.1. The molecule has 1 N–H and O–H groups in total. The molecule has 0 saturated heterocycles. The van der Waals surface area contributed by atoms with Gasteiger partial charge in [-0.15, -0.1) is 0 Å². The zero-order valence-corrected chi connectivity index (χ0v) is 12.9. The Bertz CT molecular complexity index is 890. The predicted molar refractivity (Wildman–Crippen MR) is 88.5 cm³/mol. The van der Waals surface area contributed by atoms with E-state index >= 15 is 0 Å². The molecule has 3 rings (SSSR count). The number of hydrogen-bond donors (Lipinski definition) is 1. The summed E-state index contributed by atoms with van der Waals surface area (Å²) in [5.74, 6) is -0.388. The van der Waals surface area contributed by atoms with E-state index in [4.69, 9.17) is 4.52 Å². The number of rotatable bonds is 3. The fraction of sp³-hybridized carbons (Fsp3) is 0.111. The minimum absolute atomic E-state index is 0.196. The molecule has 23 heavy (non-hydrogen) atoms. The van der Waals surface area contributed by atoms with Crippen molar-refractivity contribution in [1.29, 1.82) is 0 Å². The fourth-order valence-electron chi connectivity index (χ4n) is 2.41. The number of aryl methyl sites for hydroxylation is 2. The summed E-state index contributed by atoms with van der Waals surface area (Å²) < 4.78 is 6.28. The van der Waals surface area contributed by atoms with Gasteiger partial charge < -0.3 is 9.84 Å². The van der Waals surface area contributed by atoms with Crippen molar-refractivity contribution in [1.82, 2.24) is 4.74 Å². The molecule has 2 aromatic carbocycles. The molecule has 5 nitrogen and oxygen atoms in total. The standard InChI is InChI=1S/C18H16N2O3/c1-12-8-10-14(11-9-12)19-17(21)16-15(18(22)23-20(16)2)13-6-4-3-5-7-13/h3-11H,1-2H3,(H,19,21). The topological polar surface area (TPSA) is 64.2 Å². The number of carbonyl (C=O) groups is 1. The van der Waals surface area contributed by atoms with Gasteiger partial charge in [0.05, 0.1) is 0 Å². The Balaban J connectivity index is 2.01. The number of amides is 1. The van der Waals surface area contributed by atoms with Crippen molar-refractivity contribution < 1.29 is 9.32 Å². The highest BCUT2D eigenvalue weighted by Gasteiger charge is 2.23. The molecule has 0 unspecified atom stereocenters. The largest absolute Gasteiger partial charge is 0.366 e. The molecule has 0 aliphatic heterocycles. The van der Waals surface area contributed by atoms with Crippen LogP contribution in [-0.2, 0) is 7.05 Å². The highest BCUT2D eigenvalue weighted by atomic mass is 16.5. The van der Waals surface area contributed by atoms with E-state index in [1.807, 2.05) is 49.4 Å². The maximum atomic E-state index is 12.6. The Morgan fingerprint density at radius 3 is 2.35 bits per heavy atom. The van der Waals surface area contributed by atoms with E-state index in [0.29, 0.717) is 11.3 Å². The second kappa shape index (κ2) is 5.96. The predicted octanol–water partition coefficient (Wildman–Crippen LogP) is 3.21. The summed E-state index contributed by atoms with van der Waals surface area (Å²) >= 11 is 0. The zero-order chi connectivity index (χ0) is 16.4. The second-order valence-electron chi connectivity index (χ2n) is 5.29. The lowest BCUT2D eigenvalue weighted by Gasteiger charge is -2.07. The third-order valence-corrected chi connectivity index (χ3v) is 3.56. The Morgan fingerprint density at radius 2 is 1.70 bits per heavy atom. The highest BCUT2D eigenvalue weighted by molar-refractivity contribution is 6.07. The van der Waals surface area contributed by atoms with Crippen molar-refractivity contribution in [2.75, 3.05) is 5.32 Å². The highest BCUT2D eigenvalue weighted by Crippen LogP contribution is 2.21. The smallest absolute Gasteiger partial charge is 0.335 e. The molecule has 0 bridgehead atoms. The van der Waals surface area contributed by atoms with Crippen LogP contribution in [0.5, 0.6) is 0 Å². The summed E-state index contributed by atoms with van der Waals surface area (Å²) in [7, 11) is 1.54. The van der Waals surface area contributed by atoms with Gasteiger partial charge in [0.15, 0.2) is 5.69 Å². The summed E-state index contributed by atoms with van der Waals surface area (Å²) in [6.45, 7) is 1.97. The minimum Gasteiger partial charge on any atom is -0.335 e. The number of aromatic nitrogens is 1.